The summed E-state index contributed by atoms with van der Waals surface area (Å²) in [6.45, 7) is 0. The molecule has 6 nitrogen and oxygen atoms in total. The van der Waals surface area contributed by atoms with E-state index in [1.54, 1.807) is 12.1 Å². The van der Waals surface area contributed by atoms with E-state index in [4.69, 9.17) is 0 Å². The molecule has 2 aromatic heterocycles. The number of aromatic nitrogens is 2. The fourth-order valence-electron chi connectivity index (χ4n) is 4.55. The average Bonchev–Trinajstić information content (AvgIpc) is 3.02. The second kappa shape index (κ2) is 11.1. The first kappa shape index (κ1) is 26.0. The highest BCUT2D eigenvalue weighted by atomic mass is 16.4. The summed E-state index contributed by atoms with van der Waals surface area (Å²) in [5.41, 5.74) is 4.68. The molecule has 42 heavy (non-hydrogen) atoms. The van der Waals surface area contributed by atoms with Gasteiger partial charge in [-0.1, -0.05) is 60.4 Å². The van der Waals surface area contributed by atoms with Gasteiger partial charge in [0.2, 0.25) is 0 Å². The van der Waals surface area contributed by atoms with Crippen LogP contribution in [0.2, 0.25) is 0 Å². The molecule has 6 aromatic rings. The van der Waals surface area contributed by atoms with Crippen LogP contribution in [0.5, 0.6) is 0 Å². The molecule has 0 aliphatic carbocycles. The van der Waals surface area contributed by atoms with Crippen molar-refractivity contribution in [2.75, 3.05) is 0 Å². The van der Waals surface area contributed by atoms with Gasteiger partial charge in [0, 0.05) is 21.9 Å². The minimum Gasteiger partial charge on any atom is -0.478 e. The highest BCUT2D eigenvalue weighted by Gasteiger charge is 2.15. The van der Waals surface area contributed by atoms with Crippen LogP contribution in [0, 0.1) is 23.7 Å². The second-order valence-corrected chi connectivity index (χ2v) is 9.41. The van der Waals surface area contributed by atoms with Gasteiger partial charge in [-0.05, 0) is 83.6 Å². The molecule has 0 atom stereocenters. The lowest BCUT2D eigenvalue weighted by Gasteiger charge is -2.11. The van der Waals surface area contributed by atoms with Crippen LogP contribution < -0.4 is 0 Å². The SMILES string of the molecule is O=C(O)c1ccc(C#Cc2ccc3ccccc3n2)c(-c2cc(C(=O)O)ccc2C#Cc2ccc3ccccc3n2)c1. The number of fused-ring (bicyclic) bond motifs is 2. The minimum atomic E-state index is -1.12. The van der Waals surface area contributed by atoms with Gasteiger partial charge in [-0.25, -0.2) is 19.6 Å². The molecule has 0 bridgehead atoms. The summed E-state index contributed by atoms with van der Waals surface area (Å²) in [6.07, 6.45) is 0. The number of benzene rings is 4. The summed E-state index contributed by atoms with van der Waals surface area (Å²) in [6, 6.07) is 32.1. The van der Waals surface area contributed by atoms with E-state index in [1.807, 2.05) is 72.8 Å². The van der Waals surface area contributed by atoms with Crippen molar-refractivity contribution in [3.8, 4) is 34.8 Å². The van der Waals surface area contributed by atoms with E-state index < -0.39 is 11.9 Å². The molecule has 0 saturated heterocycles. The smallest absolute Gasteiger partial charge is 0.335 e. The zero-order valence-corrected chi connectivity index (χ0v) is 22.0. The number of aromatic carboxylic acids is 2. The van der Waals surface area contributed by atoms with E-state index in [1.165, 1.54) is 24.3 Å². The van der Waals surface area contributed by atoms with E-state index in [2.05, 4.69) is 33.6 Å². The fraction of sp³-hybridized carbons (Fsp3) is 0. The molecule has 0 aliphatic heterocycles. The van der Waals surface area contributed by atoms with Crippen molar-refractivity contribution >= 4 is 33.7 Å². The molecule has 0 saturated carbocycles. The Balaban J connectivity index is 1.49. The first-order chi connectivity index (χ1) is 20.4. The van der Waals surface area contributed by atoms with Gasteiger partial charge in [0.1, 0.15) is 11.4 Å². The lowest BCUT2D eigenvalue weighted by atomic mass is 9.92. The van der Waals surface area contributed by atoms with Gasteiger partial charge >= 0.3 is 11.9 Å². The number of carbonyl (C=O) groups is 2. The zero-order valence-electron chi connectivity index (χ0n) is 22.0. The standard InChI is InChI=1S/C36H20N2O4/c39-35(40)27-11-9-23(13-17-29-19-15-25-5-1-3-7-33(25)37-29)31(21-27)32-22-28(36(41)42)12-10-24(32)14-18-30-20-16-26-6-2-4-8-34(26)38-30/h1-12,15-16,19-22H,(H,39,40)(H,41,42). The first-order valence-corrected chi connectivity index (χ1v) is 13.0. The Labute approximate surface area is 241 Å². The molecule has 0 spiro atoms. The summed E-state index contributed by atoms with van der Waals surface area (Å²) in [7, 11) is 0. The number of hydrogen-bond acceptors (Lipinski definition) is 4. The highest BCUT2D eigenvalue weighted by molar-refractivity contribution is 5.94. The fourth-order valence-corrected chi connectivity index (χ4v) is 4.55. The molecule has 0 fully saturated rings. The maximum Gasteiger partial charge on any atom is 0.335 e. The van der Waals surface area contributed by atoms with E-state index in [-0.39, 0.29) is 11.1 Å². The Morgan fingerprint density at radius 2 is 0.929 bits per heavy atom. The third-order valence-electron chi connectivity index (χ3n) is 6.67. The maximum absolute atomic E-state index is 11.9. The van der Waals surface area contributed by atoms with Crippen molar-refractivity contribution in [3.05, 3.63) is 143 Å². The lowest BCUT2D eigenvalue weighted by molar-refractivity contribution is 0.0686. The van der Waals surface area contributed by atoms with E-state index in [0.717, 1.165) is 21.8 Å². The maximum atomic E-state index is 11.9. The van der Waals surface area contributed by atoms with Crippen molar-refractivity contribution in [2.24, 2.45) is 0 Å². The largest absolute Gasteiger partial charge is 0.478 e. The van der Waals surface area contributed by atoms with Gasteiger partial charge in [0.05, 0.1) is 22.2 Å². The Kier molecular flexibility index (Phi) is 6.87. The molecule has 2 heterocycles. The highest BCUT2D eigenvalue weighted by Crippen LogP contribution is 2.29. The molecule has 6 rings (SSSR count). The van der Waals surface area contributed by atoms with Crippen LogP contribution in [0.1, 0.15) is 43.2 Å². The van der Waals surface area contributed by atoms with Gasteiger partial charge < -0.3 is 10.2 Å². The van der Waals surface area contributed by atoms with Crippen LogP contribution in [0.3, 0.4) is 0 Å². The van der Waals surface area contributed by atoms with Crippen LogP contribution in [0.15, 0.2) is 109 Å². The Morgan fingerprint density at radius 1 is 0.500 bits per heavy atom. The molecule has 2 N–H and O–H groups in total. The van der Waals surface area contributed by atoms with Crippen molar-refractivity contribution in [1.29, 1.82) is 0 Å². The van der Waals surface area contributed by atoms with Gasteiger partial charge in [0.25, 0.3) is 0 Å². The number of carboxylic acid groups (broad SMARTS) is 2. The van der Waals surface area contributed by atoms with Crippen molar-refractivity contribution in [1.82, 2.24) is 9.97 Å². The van der Waals surface area contributed by atoms with Crippen molar-refractivity contribution < 1.29 is 19.8 Å². The predicted molar refractivity (Wildman–Crippen MR) is 161 cm³/mol. The van der Waals surface area contributed by atoms with Crippen LogP contribution in [-0.4, -0.2) is 32.1 Å². The van der Waals surface area contributed by atoms with Crippen LogP contribution in [-0.2, 0) is 0 Å². The first-order valence-electron chi connectivity index (χ1n) is 13.0. The van der Waals surface area contributed by atoms with Crippen molar-refractivity contribution in [3.63, 3.8) is 0 Å². The number of para-hydroxylation sites is 2. The number of hydrogen-bond donors (Lipinski definition) is 2. The molecule has 4 aromatic carbocycles. The Bertz CT molecular complexity index is 2020. The minimum absolute atomic E-state index is 0.0372. The van der Waals surface area contributed by atoms with E-state index >= 15 is 0 Å². The molecule has 0 unspecified atom stereocenters. The predicted octanol–water partition coefficient (Wildman–Crippen LogP) is 6.65. The third-order valence-corrected chi connectivity index (χ3v) is 6.67. The van der Waals surface area contributed by atoms with Gasteiger partial charge in [-0.15, -0.1) is 0 Å². The molecular weight excluding hydrogens is 524 g/mol. The van der Waals surface area contributed by atoms with Crippen LogP contribution in [0.4, 0.5) is 0 Å². The summed E-state index contributed by atoms with van der Waals surface area (Å²) in [5.74, 6) is 10.1. The molecular formula is C36H20N2O4. The number of nitrogens with zero attached hydrogens (tertiary/aromatic N) is 2. The quantitative estimate of drug-likeness (QED) is 0.242. The molecule has 198 valence electrons. The molecule has 0 aliphatic rings. The number of rotatable bonds is 3. The summed E-state index contributed by atoms with van der Waals surface area (Å²) < 4.78 is 0. The average molecular weight is 545 g/mol. The summed E-state index contributed by atoms with van der Waals surface area (Å²) in [5, 5.41) is 21.4. The molecule has 0 amide bonds. The third kappa shape index (κ3) is 5.42. The topological polar surface area (TPSA) is 100 Å². The summed E-state index contributed by atoms with van der Waals surface area (Å²) in [4.78, 5) is 33.0. The molecule has 0 radical (unpaired) electrons. The number of pyridine rings is 2. The molecule has 6 heteroatoms. The van der Waals surface area contributed by atoms with Gasteiger partial charge in [-0.2, -0.15) is 0 Å². The Morgan fingerprint density at radius 3 is 1.36 bits per heavy atom. The second-order valence-electron chi connectivity index (χ2n) is 9.41. The van der Waals surface area contributed by atoms with Gasteiger partial charge in [-0.3, -0.25) is 0 Å². The van der Waals surface area contributed by atoms with Gasteiger partial charge in [0.15, 0.2) is 0 Å². The summed E-state index contributed by atoms with van der Waals surface area (Å²) >= 11 is 0. The normalized spacial score (nSPS) is 10.4. The Hall–Kier alpha value is -6.24. The zero-order chi connectivity index (χ0) is 29.1. The lowest BCUT2D eigenvalue weighted by Crippen LogP contribution is -2.01. The van der Waals surface area contributed by atoms with E-state index in [0.29, 0.717) is 33.6 Å². The monoisotopic (exact) mass is 544 g/mol. The van der Waals surface area contributed by atoms with E-state index in [9.17, 15) is 19.8 Å². The number of carboxylic acids is 2. The van der Waals surface area contributed by atoms with Crippen LogP contribution >= 0.6 is 0 Å². The van der Waals surface area contributed by atoms with Crippen LogP contribution in [0.25, 0.3) is 32.9 Å². The van der Waals surface area contributed by atoms with Crippen molar-refractivity contribution in [2.45, 2.75) is 0 Å².